The molecule has 1 unspecified atom stereocenters. The van der Waals surface area contributed by atoms with Crippen LogP contribution in [0.15, 0.2) is 60.7 Å². The topological polar surface area (TPSA) is 46.2 Å². The van der Waals surface area contributed by atoms with Gasteiger partial charge in [-0.15, -0.1) is 0 Å². The van der Waals surface area contributed by atoms with E-state index in [9.17, 15) is 0 Å². The highest BCUT2D eigenvalue weighted by molar-refractivity contribution is 14.2. The molecule has 2 rings (SSSR count). The van der Waals surface area contributed by atoms with Gasteiger partial charge in [0.15, 0.2) is 6.29 Å². The molecule has 0 spiro atoms. The zero-order valence-corrected chi connectivity index (χ0v) is 19.3. The number of hydrogen-bond acceptors (Lipinski definition) is 6. The van der Waals surface area contributed by atoms with Crippen molar-refractivity contribution in [1.82, 2.24) is 0 Å². The summed E-state index contributed by atoms with van der Waals surface area (Å²) in [6.07, 6.45) is -0.958. The zero-order valence-electron chi connectivity index (χ0n) is 16.3. The standard InChI is InChI=1S/C22H25IO5S/c1-24-22(27-17-20-12-6-3-7-13-20)21(18-28-29-23)26-15-9-8-14-25-16-19-10-4-2-5-11-19/h2-7,10-13,21-22H,14-18H2,1H3/t21?,22-/m0/s1. The van der Waals surface area contributed by atoms with Crippen LogP contribution in [-0.4, -0.2) is 39.3 Å². The monoisotopic (exact) mass is 528 g/mol. The average molecular weight is 528 g/mol. The van der Waals surface area contributed by atoms with Crippen molar-refractivity contribution in [3.63, 3.8) is 0 Å². The van der Waals surface area contributed by atoms with Crippen LogP contribution in [0.25, 0.3) is 0 Å². The van der Waals surface area contributed by atoms with Crippen LogP contribution in [0.4, 0.5) is 0 Å². The second-order valence-corrected chi connectivity index (χ2v) is 7.37. The Balaban J connectivity index is 1.74. The Morgan fingerprint density at radius 1 is 0.862 bits per heavy atom. The summed E-state index contributed by atoms with van der Waals surface area (Å²) >= 11 is 2.06. The summed E-state index contributed by atoms with van der Waals surface area (Å²) in [5.74, 6) is 5.91. The molecule has 2 aromatic carbocycles. The molecule has 0 amide bonds. The maximum Gasteiger partial charge on any atom is 0.186 e. The number of ether oxygens (including phenoxy) is 4. The molecule has 0 aliphatic heterocycles. The maximum atomic E-state index is 5.87. The molecule has 0 saturated carbocycles. The molecule has 29 heavy (non-hydrogen) atoms. The predicted octanol–water partition coefficient (Wildman–Crippen LogP) is 4.80. The summed E-state index contributed by atoms with van der Waals surface area (Å²) < 4.78 is 28.1. The molecule has 0 aromatic heterocycles. The highest BCUT2D eigenvalue weighted by atomic mass is 127. The predicted molar refractivity (Wildman–Crippen MR) is 123 cm³/mol. The molecule has 5 nitrogen and oxygen atoms in total. The van der Waals surface area contributed by atoms with Gasteiger partial charge in [0.1, 0.15) is 19.3 Å². The summed E-state index contributed by atoms with van der Waals surface area (Å²) in [6, 6.07) is 19.9. The number of hydrogen-bond donors (Lipinski definition) is 0. The second-order valence-electron chi connectivity index (χ2n) is 5.93. The molecule has 156 valence electrons. The van der Waals surface area contributed by atoms with Gasteiger partial charge in [0, 0.05) is 28.3 Å². The fraction of sp³-hybridized carbons (Fsp3) is 0.364. The van der Waals surface area contributed by atoms with Gasteiger partial charge in [-0.05, 0) is 11.1 Å². The van der Waals surface area contributed by atoms with E-state index >= 15 is 0 Å². The van der Waals surface area contributed by atoms with Gasteiger partial charge in [-0.3, -0.25) is 0 Å². The molecule has 0 aliphatic rings. The van der Waals surface area contributed by atoms with Crippen molar-refractivity contribution < 1.29 is 23.1 Å². The minimum atomic E-state index is -0.560. The van der Waals surface area contributed by atoms with E-state index in [0.717, 1.165) is 11.1 Å². The Hall–Kier alpha value is -1.12. The lowest BCUT2D eigenvalue weighted by atomic mass is 10.2. The maximum absolute atomic E-state index is 5.87. The fourth-order valence-electron chi connectivity index (χ4n) is 2.42. The van der Waals surface area contributed by atoms with Gasteiger partial charge >= 0.3 is 0 Å². The quantitative estimate of drug-likeness (QED) is 0.123. The zero-order chi connectivity index (χ0) is 20.6. The fourth-order valence-corrected chi connectivity index (χ4v) is 3.05. The van der Waals surface area contributed by atoms with Crippen molar-refractivity contribution in [3.05, 3.63) is 71.8 Å². The van der Waals surface area contributed by atoms with Crippen LogP contribution < -0.4 is 0 Å². The first-order valence-corrected chi connectivity index (χ1v) is 12.4. The minimum Gasteiger partial charge on any atom is -0.364 e. The summed E-state index contributed by atoms with van der Waals surface area (Å²) in [7, 11) is 2.83. The van der Waals surface area contributed by atoms with Gasteiger partial charge in [0.2, 0.25) is 0 Å². The number of benzene rings is 2. The van der Waals surface area contributed by atoms with Crippen LogP contribution in [0.1, 0.15) is 11.1 Å². The summed E-state index contributed by atoms with van der Waals surface area (Å²) in [5, 5.41) is 0. The van der Waals surface area contributed by atoms with Crippen molar-refractivity contribution >= 4 is 30.4 Å². The number of rotatable bonds is 13. The summed E-state index contributed by atoms with van der Waals surface area (Å²) in [6.45, 7) is 1.88. The molecule has 7 heteroatoms. The Bertz CT molecular complexity index is 720. The van der Waals surface area contributed by atoms with Crippen molar-refractivity contribution in [3.8, 4) is 11.8 Å². The van der Waals surface area contributed by atoms with Gasteiger partial charge in [-0.2, -0.15) is 0 Å². The lowest BCUT2D eigenvalue weighted by Crippen LogP contribution is -2.36. The largest absolute Gasteiger partial charge is 0.364 e. The minimum absolute atomic E-state index is 0.239. The van der Waals surface area contributed by atoms with Gasteiger partial charge in [0.05, 0.1) is 29.0 Å². The molecular formula is C22H25IO5S. The number of halogens is 1. The smallest absolute Gasteiger partial charge is 0.186 e. The lowest BCUT2D eigenvalue weighted by molar-refractivity contribution is -0.202. The normalized spacial score (nSPS) is 12.8. The molecule has 0 aliphatic carbocycles. The van der Waals surface area contributed by atoms with Gasteiger partial charge < -0.3 is 23.1 Å². The molecule has 0 N–H and O–H groups in total. The number of methoxy groups -OCH3 is 1. The molecule has 2 aromatic rings. The summed E-state index contributed by atoms with van der Waals surface area (Å²) in [5.41, 5.74) is 2.19. The first-order chi connectivity index (χ1) is 14.3. The second kappa shape index (κ2) is 15.7. The Kier molecular flexibility index (Phi) is 13.1. The van der Waals surface area contributed by atoms with E-state index in [1.54, 1.807) is 7.11 Å². The SMILES string of the molecule is CO[C@@H](OCc1ccccc1)C(COSI)OCC#CCOCc1ccccc1. The molecule has 0 saturated heterocycles. The van der Waals surface area contributed by atoms with Gasteiger partial charge in [-0.1, -0.05) is 72.5 Å². The lowest BCUT2D eigenvalue weighted by Gasteiger charge is -2.25. The third kappa shape index (κ3) is 10.5. The molecular weight excluding hydrogens is 503 g/mol. The van der Waals surface area contributed by atoms with Crippen molar-refractivity contribution in [1.29, 1.82) is 0 Å². The Morgan fingerprint density at radius 3 is 2.10 bits per heavy atom. The first kappa shape index (κ1) is 24.2. The highest BCUT2D eigenvalue weighted by Crippen LogP contribution is 2.17. The van der Waals surface area contributed by atoms with Gasteiger partial charge in [0.25, 0.3) is 0 Å². The first-order valence-electron chi connectivity index (χ1n) is 9.11. The average Bonchev–Trinajstić information content (AvgIpc) is 2.77. The van der Waals surface area contributed by atoms with Crippen LogP contribution >= 0.6 is 30.4 Å². The van der Waals surface area contributed by atoms with Crippen LogP contribution in [0.5, 0.6) is 0 Å². The van der Waals surface area contributed by atoms with Crippen molar-refractivity contribution in [2.75, 3.05) is 26.9 Å². The van der Waals surface area contributed by atoms with Crippen LogP contribution in [-0.2, 0) is 36.3 Å². The van der Waals surface area contributed by atoms with E-state index in [1.165, 1.54) is 9.21 Å². The molecule has 0 heterocycles. The van der Waals surface area contributed by atoms with Crippen LogP contribution in [0.2, 0.25) is 0 Å². The van der Waals surface area contributed by atoms with E-state index in [0.29, 0.717) is 26.4 Å². The van der Waals surface area contributed by atoms with E-state index in [4.69, 9.17) is 23.1 Å². The van der Waals surface area contributed by atoms with E-state index in [2.05, 4.69) is 33.0 Å². The third-order valence-corrected chi connectivity index (χ3v) is 4.84. The van der Waals surface area contributed by atoms with Crippen molar-refractivity contribution in [2.45, 2.75) is 25.6 Å². The Labute approximate surface area is 189 Å². The van der Waals surface area contributed by atoms with E-state index in [1.807, 2.05) is 60.7 Å². The molecule has 0 fully saturated rings. The Morgan fingerprint density at radius 2 is 1.48 bits per heavy atom. The van der Waals surface area contributed by atoms with Crippen LogP contribution in [0.3, 0.4) is 0 Å². The molecule has 0 radical (unpaired) electrons. The van der Waals surface area contributed by atoms with Crippen LogP contribution in [0, 0.1) is 11.8 Å². The molecule has 0 bridgehead atoms. The molecule has 2 atom stereocenters. The highest BCUT2D eigenvalue weighted by Gasteiger charge is 2.23. The van der Waals surface area contributed by atoms with Crippen molar-refractivity contribution in [2.24, 2.45) is 0 Å². The third-order valence-electron chi connectivity index (χ3n) is 3.85. The van der Waals surface area contributed by atoms with Gasteiger partial charge in [-0.25, -0.2) is 0 Å². The van der Waals surface area contributed by atoms with E-state index < -0.39 is 12.4 Å². The van der Waals surface area contributed by atoms with E-state index in [-0.39, 0.29) is 6.61 Å². The summed E-state index contributed by atoms with van der Waals surface area (Å²) in [4.78, 5) is 0.